The van der Waals surface area contributed by atoms with Crippen molar-refractivity contribution < 1.29 is 9.57 Å². The second-order valence-electron chi connectivity index (χ2n) is 6.16. The maximum atomic E-state index is 12.6. The maximum Gasteiger partial charge on any atom is 0.192 e. The first-order valence-electron chi connectivity index (χ1n) is 8.45. The molecule has 1 aliphatic heterocycles. The van der Waals surface area contributed by atoms with Crippen LogP contribution in [0.25, 0.3) is 22.2 Å². The number of fused-ring (bicyclic) bond motifs is 1. The van der Waals surface area contributed by atoms with Gasteiger partial charge in [0.2, 0.25) is 0 Å². The number of ether oxygens (including phenoxy) is 1. The largest absolute Gasteiger partial charge is 0.406 e. The van der Waals surface area contributed by atoms with E-state index in [1.165, 1.54) is 0 Å². The van der Waals surface area contributed by atoms with Crippen molar-refractivity contribution in [3.05, 3.63) is 64.3 Å². The van der Waals surface area contributed by atoms with E-state index in [4.69, 9.17) is 9.57 Å². The Morgan fingerprint density at radius 3 is 2.52 bits per heavy atom. The van der Waals surface area contributed by atoms with E-state index in [2.05, 4.69) is 4.98 Å². The van der Waals surface area contributed by atoms with Gasteiger partial charge in [0.1, 0.15) is 5.75 Å². The van der Waals surface area contributed by atoms with Crippen LogP contribution in [0.4, 0.5) is 0 Å². The highest BCUT2D eigenvalue weighted by atomic mass is 16.7. The summed E-state index contributed by atoms with van der Waals surface area (Å²) in [6.07, 6.45) is 0. The van der Waals surface area contributed by atoms with Crippen LogP contribution < -0.4 is 10.3 Å². The lowest BCUT2D eigenvalue weighted by atomic mass is 10.0. The number of rotatable bonds is 3. The first-order valence-corrected chi connectivity index (χ1v) is 8.45. The maximum absolute atomic E-state index is 12.6. The molecule has 2 heterocycles. The summed E-state index contributed by atoms with van der Waals surface area (Å²) < 4.78 is 5.32. The Morgan fingerprint density at radius 2 is 1.76 bits per heavy atom. The molecular formula is C20H20N2O3. The van der Waals surface area contributed by atoms with E-state index in [9.17, 15) is 4.79 Å². The number of nitrogens with zero attached hydrogens (tertiary/aromatic N) is 1. The quantitative estimate of drug-likeness (QED) is 0.798. The predicted molar refractivity (Wildman–Crippen MR) is 97.8 cm³/mol. The average Bonchev–Trinajstić information content (AvgIpc) is 2.66. The summed E-state index contributed by atoms with van der Waals surface area (Å²) in [7, 11) is 0. The van der Waals surface area contributed by atoms with Crippen LogP contribution in [0.1, 0.15) is 5.56 Å². The molecule has 0 unspecified atom stereocenters. The molecule has 5 heteroatoms. The smallest absolute Gasteiger partial charge is 0.192 e. The molecule has 0 atom stereocenters. The Hall–Kier alpha value is -2.63. The van der Waals surface area contributed by atoms with Crippen LogP contribution in [-0.2, 0) is 4.74 Å². The fraction of sp³-hybridized carbons (Fsp3) is 0.250. The van der Waals surface area contributed by atoms with Gasteiger partial charge in [0, 0.05) is 16.5 Å². The first-order chi connectivity index (χ1) is 12.2. The number of para-hydroxylation sites is 1. The van der Waals surface area contributed by atoms with E-state index in [0.29, 0.717) is 13.2 Å². The summed E-state index contributed by atoms with van der Waals surface area (Å²) in [5, 5.41) is 2.62. The number of morpholine rings is 1. The van der Waals surface area contributed by atoms with Crippen molar-refractivity contribution in [1.82, 2.24) is 10.0 Å². The van der Waals surface area contributed by atoms with Crippen molar-refractivity contribution >= 4 is 10.9 Å². The lowest BCUT2D eigenvalue weighted by molar-refractivity contribution is -0.118. The molecule has 4 rings (SSSR count). The number of nitrogens with one attached hydrogen (secondary N) is 1. The highest BCUT2D eigenvalue weighted by Gasteiger charge is 2.13. The molecule has 0 bridgehead atoms. The van der Waals surface area contributed by atoms with Gasteiger partial charge < -0.3 is 14.6 Å². The van der Waals surface area contributed by atoms with Crippen LogP contribution in [0.2, 0.25) is 0 Å². The van der Waals surface area contributed by atoms with Crippen molar-refractivity contribution in [2.75, 3.05) is 26.3 Å². The van der Waals surface area contributed by atoms with Crippen molar-refractivity contribution in [2.45, 2.75) is 6.92 Å². The third-order valence-electron chi connectivity index (χ3n) is 4.49. The van der Waals surface area contributed by atoms with E-state index in [0.717, 1.165) is 46.6 Å². The summed E-state index contributed by atoms with van der Waals surface area (Å²) in [6.45, 7) is 4.77. The summed E-state index contributed by atoms with van der Waals surface area (Å²) in [4.78, 5) is 21.8. The second-order valence-corrected chi connectivity index (χ2v) is 6.16. The minimum absolute atomic E-state index is 0.0676. The van der Waals surface area contributed by atoms with Crippen LogP contribution in [0.3, 0.4) is 0 Å². The number of aromatic nitrogens is 1. The van der Waals surface area contributed by atoms with Gasteiger partial charge in [-0.05, 0) is 48.9 Å². The van der Waals surface area contributed by atoms with Crippen molar-refractivity contribution in [1.29, 1.82) is 0 Å². The Balaban J connectivity index is 1.64. The molecule has 2 aromatic carbocycles. The molecule has 128 valence electrons. The first kappa shape index (κ1) is 15.9. The Bertz CT molecular complexity index is 941. The van der Waals surface area contributed by atoms with Crippen molar-refractivity contribution in [3.8, 4) is 17.0 Å². The minimum Gasteiger partial charge on any atom is -0.406 e. The number of benzene rings is 2. The van der Waals surface area contributed by atoms with Gasteiger partial charge in [0.05, 0.1) is 32.0 Å². The van der Waals surface area contributed by atoms with Crippen molar-refractivity contribution in [3.63, 3.8) is 0 Å². The molecule has 3 aromatic rings. The Kier molecular flexibility index (Phi) is 4.26. The van der Waals surface area contributed by atoms with Crippen molar-refractivity contribution in [2.24, 2.45) is 0 Å². The fourth-order valence-electron chi connectivity index (χ4n) is 3.09. The molecular weight excluding hydrogens is 316 g/mol. The Morgan fingerprint density at radius 1 is 1.04 bits per heavy atom. The van der Waals surface area contributed by atoms with Gasteiger partial charge >= 0.3 is 0 Å². The fourth-order valence-corrected chi connectivity index (χ4v) is 3.09. The van der Waals surface area contributed by atoms with Crippen LogP contribution in [0.5, 0.6) is 5.75 Å². The third kappa shape index (κ3) is 3.16. The zero-order valence-corrected chi connectivity index (χ0v) is 14.1. The molecule has 0 spiro atoms. The topological polar surface area (TPSA) is 54.6 Å². The van der Waals surface area contributed by atoms with Gasteiger partial charge in [-0.3, -0.25) is 4.79 Å². The lowest BCUT2D eigenvalue weighted by Gasteiger charge is -2.26. The molecule has 0 amide bonds. The van der Waals surface area contributed by atoms with Crippen LogP contribution in [0.15, 0.2) is 53.3 Å². The standard InChI is InChI=1S/C20H20N2O3/c1-14-19(21-18-5-3-2-4-17(18)20(14)23)15-6-8-16(9-7-15)25-22-10-12-24-13-11-22/h2-9H,10-13H2,1H3,(H,21,23). The molecule has 0 aliphatic carbocycles. The summed E-state index contributed by atoms with van der Waals surface area (Å²) >= 11 is 0. The predicted octanol–water partition coefficient (Wildman–Crippen LogP) is 3.13. The molecule has 1 fully saturated rings. The number of aromatic amines is 1. The summed E-state index contributed by atoms with van der Waals surface area (Å²) in [5.74, 6) is 0.784. The number of hydrogen-bond donors (Lipinski definition) is 1. The normalized spacial score (nSPS) is 15.4. The van der Waals surface area contributed by atoms with Gasteiger partial charge in [-0.2, -0.15) is 0 Å². The average molecular weight is 336 g/mol. The molecule has 0 saturated carbocycles. The van der Waals surface area contributed by atoms with Gasteiger partial charge in [-0.1, -0.05) is 12.1 Å². The summed E-state index contributed by atoms with van der Waals surface area (Å²) in [6, 6.07) is 15.4. The number of hydrogen-bond acceptors (Lipinski definition) is 4. The molecule has 1 saturated heterocycles. The van der Waals surface area contributed by atoms with Gasteiger partial charge in [-0.15, -0.1) is 5.06 Å². The Labute approximate surface area is 145 Å². The van der Waals surface area contributed by atoms with Gasteiger partial charge in [-0.25, -0.2) is 0 Å². The molecule has 1 aliphatic rings. The molecule has 25 heavy (non-hydrogen) atoms. The van der Waals surface area contributed by atoms with Crippen LogP contribution in [-0.4, -0.2) is 36.4 Å². The molecule has 0 radical (unpaired) electrons. The van der Waals surface area contributed by atoms with E-state index < -0.39 is 0 Å². The van der Waals surface area contributed by atoms with E-state index >= 15 is 0 Å². The monoisotopic (exact) mass is 336 g/mol. The minimum atomic E-state index is 0.0676. The zero-order chi connectivity index (χ0) is 17.2. The highest BCUT2D eigenvalue weighted by Crippen LogP contribution is 2.24. The lowest BCUT2D eigenvalue weighted by Crippen LogP contribution is -2.38. The van der Waals surface area contributed by atoms with E-state index in [-0.39, 0.29) is 5.43 Å². The molecule has 1 aromatic heterocycles. The van der Waals surface area contributed by atoms with Gasteiger partial charge in [0.15, 0.2) is 5.43 Å². The SMILES string of the molecule is Cc1c(-c2ccc(ON3CCOCC3)cc2)[nH]c2ccccc2c1=O. The van der Waals surface area contributed by atoms with Gasteiger partial charge in [0.25, 0.3) is 0 Å². The van der Waals surface area contributed by atoms with Crippen LogP contribution in [0, 0.1) is 6.92 Å². The van der Waals surface area contributed by atoms with E-state index in [1.807, 2.05) is 60.5 Å². The number of H-pyrrole nitrogens is 1. The number of hydroxylamine groups is 2. The van der Waals surface area contributed by atoms with E-state index in [1.54, 1.807) is 0 Å². The zero-order valence-electron chi connectivity index (χ0n) is 14.1. The highest BCUT2D eigenvalue weighted by molar-refractivity contribution is 5.83. The summed E-state index contributed by atoms with van der Waals surface area (Å²) in [5.41, 5.74) is 3.46. The molecule has 5 nitrogen and oxygen atoms in total. The third-order valence-corrected chi connectivity index (χ3v) is 4.49. The van der Waals surface area contributed by atoms with Crippen LogP contribution >= 0.6 is 0 Å². The second kappa shape index (κ2) is 6.70. The number of pyridine rings is 1. The molecule has 1 N–H and O–H groups in total.